The van der Waals surface area contributed by atoms with E-state index >= 15 is 0 Å². The van der Waals surface area contributed by atoms with Gasteiger partial charge in [-0.1, -0.05) is 6.92 Å². The zero-order chi connectivity index (χ0) is 13.4. The average Bonchev–Trinajstić information content (AvgIpc) is 3.15. The van der Waals surface area contributed by atoms with Crippen molar-refractivity contribution in [3.8, 4) is 0 Å². The number of carbonyl (C=O) groups is 2. The molecule has 4 nitrogen and oxygen atoms in total. The minimum atomic E-state index is -0.193. The molecular formula is C14H18N2O2S. The lowest BCUT2D eigenvalue weighted by Crippen LogP contribution is -2.42. The first-order valence-electron chi connectivity index (χ1n) is 6.85. The van der Waals surface area contributed by atoms with E-state index in [9.17, 15) is 9.59 Å². The van der Waals surface area contributed by atoms with Gasteiger partial charge >= 0.3 is 0 Å². The first kappa shape index (κ1) is 12.7. The molecule has 0 aromatic carbocycles. The molecule has 1 aromatic rings. The maximum atomic E-state index is 12.0. The monoisotopic (exact) mass is 278 g/mol. The Balaban J connectivity index is 1.61. The Morgan fingerprint density at radius 3 is 2.79 bits per heavy atom. The zero-order valence-electron chi connectivity index (χ0n) is 11.0. The van der Waals surface area contributed by atoms with Crippen LogP contribution in [0.5, 0.6) is 0 Å². The van der Waals surface area contributed by atoms with Gasteiger partial charge < -0.3 is 0 Å². The van der Waals surface area contributed by atoms with Gasteiger partial charge in [-0.2, -0.15) is 0 Å². The number of amides is 2. The molecule has 1 aromatic heterocycles. The van der Waals surface area contributed by atoms with E-state index in [2.05, 4.69) is 17.8 Å². The topological polar surface area (TPSA) is 58.2 Å². The summed E-state index contributed by atoms with van der Waals surface area (Å²) in [5.41, 5.74) is 6.32. The molecule has 102 valence electrons. The maximum Gasteiger partial charge on any atom is 0.279 e. The Morgan fingerprint density at radius 2 is 2.05 bits per heavy atom. The second-order valence-corrected chi connectivity index (χ2v) is 6.76. The lowest BCUT2D eigenvalue weighted by molar-refractivity contribution is -0.123. The van der Waals surface area contributed by atoms with Crippen molar-refractivity contribution in [1.29, 1.82) is 0 Å². The largest absolute Gasteiger partial charge is 0.279 e. The Kier molecular flexibility index (Phi) is 3.31. The summed E-state index contributed by atoms with van der Waals surface area (Å²) in [6, 6.07) is 1.98. The van der Waals surface area contributed by atoms with E-state index in [0.717, 1.165) is 25.7 Å². The van der Waals surface area contributed by atoms with Crippen molar-refractivity contribution < 1.29 is 9.59 Å². The number of thiophene rings is 1. The number of nitrogens with one attached hydrogen (secondary N) is 2. The van der Waals surface area contributed by atoms with Crippen molar-refractivity contribution in [3.05, 3.63) is 21.4 Å². The van der Waals surface area contributed by atoms with Gasteiger partial charge in [-0.3, -0.25) is 20.4 Å². The van der Waals surface area contributed by atoms with Gasteiger partial charge in [0.15, 0.2) is 0 Å². The molecule has 0 bridgehead atoms. The third kappa shape index (κ3) is 2.81. The fourth-order valence-electron chi connectivity index (χ4n) is 2.45. The van der Waals surface area contributed by atoms with Gasteiger partial charge in [-0.25, -0.2) is 0 Å². The van der Waals surface area contributed by atoms with E-state index in [1.165, 1.54) is 16.9 Å². The molecule has 3 rings (SSSR count). The quantitative estimate of drug-likeness (QED) is 0.813. The van der Waals surface area contributed by atoms with Gasteiger partial charge in [0.05, 0.1) is 4.88 Å². The van der Waals surface area contributed by atoms with Crippen LogP contribution < -0.4 is 10.9 Å². The summed E-state index contributed by atoms with van der Waals surface area (Å²) in [5.74, 6) is 0.551. The van der Waals surface area contributed by atoms with E-state index in [1.807, 2.05) is 6.07 Å². The molecule has 1 heterocycles. The molecule has 0 unspecified atom stereocenters. The average molecular weight is 278 g/mol. The lowest BCUT2D eigenvalue weighted by Gasteiger charge is -2.16. The number of carbonyl (C=O) groups excluding carboxylic acids is 2. The van der Waals surface area contributed by atoms with Crippen molar-refractivity contribution >= 4 is 23.2 Å². The predicted octanol–water partition coefficient (Wildman–Crippen LogP) is 2.04. The van der Waals surface area contributed by atoms with Crippen LogP contribution >= 0.6 is 11.3 Å². The van der Waals surface area contributed by atoms with Gasteiger partial charge in [-0.05, 0) is 49.7 Å². The van der Waals surface area contributed by atoms with Crippen LogP contribution in [0, 0.1) is 11.8 Å². The Morgan fingerprint density at radius 1 is 1.26 bits per heavy atom. The summed E-state index contributed by atoms with van der Waals surface area (Å²) in [4.78, 5) is 25.5. The number of aryl methyl sites for hydroxylation is 1. The number of hydrogen-bond acceptors (Lipinski definition) is 3. The fourth-order valence-corrected chi connectivity index (χ4v) is 3.55. The summed E-state index contributed by atoms with van der Waals surface area (Å²) >= 11 is 1.56. The summed E-state index contributed by atoms with van der Waals surface area (Å²) < 4.78 is 0. The highest BCUT2D eigenvalue weighted by atomic mass is 32.1. The molecule has 1 atom stereocenters. The van der Waals surface area contributed by atoms with Crippen LogP contribution in [0.25, 0.3) is 0 Å². The Labute approximate surface area is 116 Å². The SMILES string of the molecule is C[C@@H]1CCc2sc(C(=O)NNC(=O)C3CC3)cc2C1. The molecule has 2 N–H and O–H groups in total. The highest BCUT2D eigenvalue weighted by molar-refractivity contribution is 7.14. The summed E-state index contributed by atoms with van der Waals surface area (Å²) in [6.45, 7) is 2.25. The summed E-state index contributed by atoms with van der Waals surface area (Å²) in [7, 11) is 0. The molecule has 0 spiro atoms. The van der Waals surface area contributed by atoms with Gasteiger partial charge in [0.1, 0.15) is 0 Å². The molecule has 0 radical (unpaired) electrons. The van der Waals surface area contributed by atoms with Crippen LogP contribution in [0.3, 0.4) is 0 Å². The van der Waals surface area contributed by atoms with Crippen LogP contribution in [-0.4, -0.2) is 11.8 Å². The van der Waals surface area contributed by atoms with Crippen molar-refractivity contribution in [2.75, 3.05) is 0 Å². The summed E-state index contributed by atoms with van der Waals surface area (Å²) in [6.07, 6.45) is 5.21. The molecule has 1 fully saturated rings. The fraction of sp³-hybridized carbons (Fsp3) is 0.571. The van der Waals surface area contributed by atoms with E-state index in [4.69, 9.17) is 0 Å². The molecule has 0 saturated heterocycles. The minimum absolute atomic E-state index is 0.0664. The van der Waals surface area contributed by atoms with Gasteiger partial charge in [0, 0.05) is 10.8 Å². The smallest absolute Gasteiger partial charge is 0.273 e. The number of hydrogen-bond donors (Lipinski definition) is 2. The van der Waals surface area contributed by atoms with Crippen LogP contribution in [0.15, 0.2) is 6.07 Å². The zero-order valence-corrected chi connectivity index (χ0v) is 11.8. The maximum absolute atomic E-state index is 12.0. The number of rotatable bonds is 2. The standard InChI is InChI=1S/C14H18N2O2S/c1-8-2-5-11-10(6-8)7-12(19-11)14(18)16-15-13(17)9-3-4-9/h7-9H,2-6H2,1H3,(H,15,17)(H,16,18)/t8-/m1/s1. The molecule has 1 saturated carbocycles. The lowest BCUT2D eigenvalue weighted by atomic mass is 9.90. The number of hydrazine groups is 1. The molecule has 2 aliphatic carbocycles. The summed E-state index contributed by atoms with van der Waals surface area (Å²) in [5, 5.41) is 0. The van der Waals surface area contributed by atoms with E-state index in [0.29, 0.717) is 10.8 Å². The van der Waals surface area contributed by atoms with E-state index in [1.54, 1.807) is 11.3 Å². The van der Waals surface area contributed by atoms with Crippen LogP contribution in [0.1, 0.15) is 46.3 Å². The second-order valence-electron chi connectivity index (χ2n) is 5.62. The predicted molar refractivity (Wildman–Crippen MR) is 73.8 cm³/mol. The molecule has 2 amide bonds. The van der Waals surface area contributed by atoms with Crippen LogP contribution in [-0.2, 0) is 17.6 Å². The first-order valence-corrected chi connectivity index (χ1v) is 7.67. The highest BCUT2D eigenvalue weighted by Crippen LogP contribution is 2.32. The molecule has 5 heteroatoms. The minimum Gasteiger partial charge on any atom is -0.273 e. The number of fused-ring (bicyclic) bond motifs is 1. The van der Waals surface area contributed by atoms with Crippen molar-refractivity contribution in [2.24, 2.45) is 11.8 Å². The molecule has 19 heavy (non-hydrogen) atoms. The van der Waals surface area contributed by atoms with Crippen LogP contribution in [0.2, 0.25) is 0 Å². The van der Waals surface area contributed by atoms with Crippen LogP contribution in [0.4, 0.5) is 0 Å². The Bertz CT molecular complexity index is 520. The third-order valence-electron chi connectivity index (χ3n) is 3.80. The molecule has 0 aliphatic heterocycles. The normalized spacial score (nSPS) is 21.6. The second kappa shape index (κ2) is 4.96. The first-order chi connectivity index (χ1) is 9.13. The van der Waals surface area contributed by atoms with Crippen molar-refractivity contribution in [2.45, 2.75) is 39.0 Å². The Hall–Kier alpha value is -1.36. The van der Waals surface area contributed by atoms with Gasteiger partial charge in [0.2, 0.25) is 5.91 Å². The van der Waals surface area contributed by atoms with Crippen molar-refractivity contribution in [3.63, 3.8) is 0 Å². The molecule has 2 aliphatic rings. The van der Waals surface area contributed by atoms with Crippen molar-refractivity contribution in [1.82, 2.24) is 10.9 Å². The van der Waals surface area contributed by atoms with Gasteiger partial charge in [0.25, 0.3) is 5.91 Å². The van der Waals surface area contributed by atoms with E-state index < -0.39 is 0 Å². The third-order valence-corrected chi connectivity index (χ3v) is 5.04. The highest BCUT2D eigenvalue weighted by Gasteiger charge is 2.30. The van der Waals surface area contributed by atoms with E-state index in [-0.39, 0.29) is 17.7 Å². The van der Waals surface area contributed by atoms with Gasteiger partial charge in [-0.15, -0.1) is 11.3 Å². The molecular weight excluding hydrogens is 260 g/mol.